The summed E-state index contributed by atoms with van der Waals surface area (Å²) in [6.45, 7) is 7.67. The fourth-order valence-electron chi connectivity index (χ4n) is 0.660. The molecule has 0 aliphatic carbocycles. The van der Waals surface area contributed by atoms with E-state index in [0.717, 1.165) is 6.42 Å². The SMILES string of the molecule is CC(C)=CCC=CC(C)(C)O. The van der Waals surface area contributed by atoms with Crippen LogP contribution in [-0.4, -0.2) is 10.7 Å². The van der Waals surface area contributed by atoms with Gasteiger partial charge in [-0.1, -0.05) is 23.8 Å². The molecule has 0 heterocycles. The van der Waals surface area contributed by atoms with Gasteiger partial charge in [-0.2, -0.15) is 0 Å². The maximum atomic E-state index is 9.28. The molecule has 1 heteroatoms. The topological polar surface area (TPSA) is 20.2 Å². The van der Waals surface area contributed by atoms with E-state index in [2.05, 4.69) is 19.9 Å². The Labute approximate surface area is 69.4 Å². The summed E-state index contributed by atoms with van der Waals surface area (Å²) in [4.78, 5) is 0. The Morgan fingerprint density at radius 2 is 1.91 bits per heavy atom. The molecule has 0 aliphatic rings. The molecular formula is C10H18O. The number of rotatable bonds is 3. The molecule has 0 aromatic carbocycles. The number of aliphatic hydroxyl groups is 1. The lowest BCUT2D eigenvalue weighted by molar-refractivity contribution is 0.133. The van der Waals surface area contributed by atoms with E-state index >= 15 is 0 Å². The monoisotopic (exact) mass is 154 g/mol. The predicted octanol–water partition coefficient (Wildman–Crippen LogP) is 2.67. The first-order valence-electron chi connectivity index (χ1n) is 3.95. The molecule has 1 nitrogen and oxygen atoms in total. The van der Waals surface area contributed by atoms with Gasteiger partial charge in [0.2, 0.25) is 0 Å². The molecule has 0 spiro atoms. The van der Waals surface area contributed by atoms with Crippen LogP contribution in [0.4, 0.5) is 0 Å². The quantitative estimate of drug-likeness (QED) is 0.620. The molecule has 0 radical (unpaired) electrons. The zero-order valence-corrected chi connectivity index (χ0v) is 7.89. The van der Waals surface area contributed by atoms with Crippen molar-refractivity contribution in [2.24, 2.45) is 0 Å². The molecule has 0 unspecified atom stereocenters. The summed E-state index contributed by atoms with van der Waals surface area (Å²) < 4.78 is 0. The Bertz CT molecular complexity index is 154. The van der Waals surface area contributed by atoms with Crippen LogP contribution in [0.15, 0.2) is 23.8 Å². The van der Waals surface area contributed by atoms with Crippen LogP contribution < -0.4 is 0 Å². The van der Waals surface area contributed by atoms with E-state index < -0.39 is 5.60 Å². The van der Waals surface area contributed by atoms with Crippen molar-refractivity contribution < 1.29 is 5.11 Å². The zero-order chi connectivity index (χ0) is 8.91. The molecule has 0 aromatic heterocycles. The fraction of sp³-hybridized carbons (Fsp3) is 0.600. The van der Waals surface area contributed by atoms with Crippen molar-refractivity contribution in [2.75, 3.05) is 0 Å². The molecule has 64 valence electrons. The maximum Gasteiger partial charge on any atom is 0.0771 e. The summed E-state index contributed by atoms with van der Waals surface area (Å²) in [6.07, 6.45) is 6.83. The third-order valence-electron chi connectivity index (χ3n) is 1.19. The van der Waals surface area contributed by atoms with Crippen LogP contribution in [0.5, 0.6) is 0 Å². The second kappa shape index (κ2) is 4.35. The van der Waals surface area contributed by atoms with Crippen molar-refractivity contribution in [1.29, 1.82) is 0 Å². The lowest BCUT2D eigenvalue weighted by Crippen LogP contribution is -2.13. The van der Waals surface area contributed by atoms with Gasteiger partial charge in [0.05, 0.1) is 5.60 Å². The molecule has 1 N–H and O–H groups in total. The molecule has 0 saturated carbocycles. The van der Waals surface area contributed by atoms with Gasteiger partial charge < -0.3 is 5.11 Å². The highest BCUT2D eigenvalue weighted by atomic mass is 16.3. The van der Waals surface area contributed by atoms with Gasteiger partial charge in [-0.3, -0.25) is 0 Å². The van der Waals surface area contributed by atoms with Crippen molar-refractivity contribution in [2.45, 2.75) is 39.7 Å². The summed E-state index contributed by atoms with van der Waals surface area (Å²) >= 11 is 0. The summed E-state index contributed by atoms with van der Waals surface area (Å²) in [5, 5.41) is 9.28. The van der Waals surface area contributed by atoms with E-state index in [1.807, 2.05) is 12.2 Å². The van der Waals surface area contributed by atoms with E-state index in [9.17, 15) is 5.11 Å². The summed E-state index contributed by atoms with van der Waals surface area (Å²) in [5.41, 5.74) is 0.639. The van der Waals surface area contributed by atoms with Gasteiger partial charge in [0, 0.05) is 0 Å². The second-order valence-corrected chi connectivity index (χ2v) is 3.57. The smallest absolute Gasteiger partial charge is 0.0771 e. The normalized spacial score (nSPS) is 12.1. The minimum absolute atomic E-state index is 0.671. The number of hydrogen-bond acceptors (Lipinski definition) is 1. The van der Waals surface area contributed by atoms with Crippen LogP contribution >= 0.6 is 0 Å². The molecule has 0 rings (SSSR count). The van der Waals surface area contributed by atoms with Crippen molar-refractivity contribution in [3.63, 3.8) is 0 Å². The highest BCUT2D eigenvalue weighted by molar-refractivity contribution is 5.02. The minimum atomic E-state index is -0.671. The minimum Gasteiger partial charge on any atom is -0.386 e. The van der Waals surface area contributed by atoms with Crippen LogP contribution in [0.3, 0.4) is 0 Å². The van der Waals surface area contributed by atoms with E-state index in [1.165, 1.54) is 5.57 Å². The number of hydrogen-bond donors (Lipinski definition) is 1. The maximum absolute atomic E-state index is 9.28. The molecular weight excluding hydrogens is 136 g/mol. The molecule has 0 amide bonds. The van der Waals surface area contributed by atoms with Crippen LogP contribution in [0.1, 0.15) is 34.1 Å². The highest BCUT2D eigenvalue weighted by Crippen LogP contribution is 2.03. The fourth-order valence-corrected chi connectivity index (χ4v) is 0.660. The summed E-state index contributed by atoms with van der Waals surface area (Å²) in [6, 6.07) is 0. The van der Waals surface area contributed by atoms with Gasteiger partial charge >= 0.3 is 0 Å². The average Bonchev–Trinajstić information content (AvgIpc) is 1.78. The van der Waals surface area contributed by atoms with Gasteiger partial charge in [-0.25, -0.2) is 0 Å². The third kappa shape index (κ3) is 9.44. The molecule has 11 heavy (non-hydrogen) atoms. The van der Waals surface area contributed by atoms with Gasteiger partial charge in [0.15, 0.2) is 0 Å². The molecule has 0 aliphatic heterocycles. The highest BCUT2D eigenvalue weighted by Gasteiger charge is 2.04. The van der Waals surface area contributed by atoms with E-state index in [0.29, 0.717) is 0 Å². The zero-order valence-electron chi connectivity index (χ0n) is 7.89. The average molecular weight is 154 g/mol. The Kier molecular flexibility index (Phi) is 4.12. The Morgan fingerprint density at radius 3 is 2.27 bits per heavy atom. The van der Waals surface area contributed by atoms with Gasteiger partial charge in [-0.05, 0) is 34.1 Å². The molecule has 0 atom stereocenters. The van der Waals surface area contributed by atoms with Crippen LogP contribution in [0, 0.1) is 0 Å². The molecule has 0 aromatic rings. The van der Waals surface area contributed by atoms with E-state index in [1.54, 1.807) is 13.8 Å². The van der Waals surface area contributed by atoms with E-state index in [4.69, 9.17) is 0 Å². The lowest BCUT2D eigenvalue weighted by atomic mass is 10.1. The number of allylic oxidation sites excluding steroid dienone is 3. The van der Waals surface area contributed by atoms with Gasteiger partial charge in [0.1, 0.15) is 0 Å². The first-order valence-corrected chi connectivity index (χ1v) is 3.95. The summed E-state index contributed by atoms with van der Waals surface area (Å²) in [7, 11) is 0. The van der Waals surface area contributed by atoms with Crippen molar-refractivity contribution in [3.05, 3.63) is 23.8 Å². The second-order valence-electron chi connectivity index (χ2n) is 3.57. The Hall–Kier alpha value is -0.560. The first-order chi connectivity index (χ1) is 4.92. The van der Waals surface area contributed by atoms with Crippen molar-refractivity contribution >= 4 is 0 Å². The largest absolute Gasteiger partial charge is 0.386 e. The van der Waals surface area contributed by atoms with Gasteiger partial charge in [-0.15, -0.1) is 0 Å². The first kappa shape index (κ1) is 10.4. The standard InChI is InChI=1S/C10H18O/c1-9(2)7-5-6-8-10(3,4)11/h6-8,11H,5H2,1-4H3. The van der Waals surface area contributed by atoms with Crippen molar-refractivity contribution in [3.8, 4) is 0 Å². The Balaban J connectivity index is 3.71. The van der Waals surface area contributed by atoms with Crippen LogP contribution in [-0.2, 0) is 0 Å². The van der Waals surface area contributed by atoms with Gasteiger partial charge in [0.25, 0.3) is 0 Å². The van der Waals surface area contributed by atoms with Crippen LogP contribution in [0.2, 0.25) is 0 Å². The predicted molar refractivity (Wildman–Crippen MR) is 49.5 cm³/mol. The van der Waals surface area contributed by atoms with E-state index in [-0.39, 0.29) is 0 Å². The van der Waals surface area contributed by atoms with Crippen LogP contribution in [0.25, 0.3) is 0 Å². The third-order valence-corrected chi connectivity index (χ3v) is 1.19. The summed E-state index contributed by atoms with van der Waals surface area (Å²) in [5.74, 6) is 0. The molecule has 0 saturated heterocycles. The molecule has 0 bridgehead atoms. The lowest BCUT2D eigenvalue weighted by Gasteiger charge is -2.09. The van der Waals surface area contributed by atoms with Crippen molar-refractivity contribution in [1.82, 2.24) is 0 Å². The molecule has 0 fully saturated rings. The Morgan fingerprint density at radius 1 is 1.36 bits per heavy atom.